The number of hydrogen-bond acceptors (Lipinski definition) is 2. The Hall–Kier alpha value is -1.30. The highest BCUT2D eigenvalue weighted by molar-refractivity contribution is 5.22. The van der Waals surface area contributed by atoms with Gasteiger partial charge in [0.15, 0.2) is 0 Å². The lowest BCUT2D eigenvalue weighted by molar-refractivity contribution is 0.145. The molecule has 14 heavy (non-hydrogen) atoms. The van der Waals surface area contributed by atoms with Crippen molar-refractivity contribution in [3.63, 3.8) is 0 Å². The van der Waals surface area contributed by atoms with E-state index in [1.165, 1.54) is 5.56 Å². The molecule has 1 saturated heterocycles. The predicted octanol–water partition coefficient (Wildman–Crippen LogP) is 1.78. The minimum absolute atomic E-state index is 0.186. The summed E-state index contributed by atoms with van der Waals surface area (Å²) in [4.78, 5) is 0. The van der Waals surface area contributed by atoms with Crippen molar-refractivity contribution < 1.29 is 9.47 Å². The third-order valence-corrected chi connectivity index (χ3v) is 2.18. The zero-order valence-corrected chi connectivity index (χ0v) is 7.85. The van der Waals surface area contributed by atoms with Gasteiger partial charge in [0, 0.05) is 0 Å². The van der Waals surface area contributed by atoms with Crippen LogP contribution in [-0.4, -0.2) is 19.3 Å². The molecule has 0 aliphatic carbocycles. The van der Waals surface area contributed by atoms with Crippen LogP contribution in [0.3, 0.4) is 0 Å². The fourth-order valence-corrected chi connectivity index (χ4v) is 1.44. The Labute approximate surface area is 83.8 Å². The van der Waals surface area contributed by atoms with Crippen molar-refractivity contribution in [3.05, 3.63) is 35.9 Å². The molecule has 0 saturated carbocycles. The highest BCUT2D eigenvalue weighted by Crippen LogP contribution is 2.38. The fourth-order valence-electron chi connectivity index (χ4n) is 1.44. The first-order valence-corrected chi connectivity index (χ1v) is 4.63. The Morgan fingerprint density at radius 2 is 2.14 bits per heavy atom. The van der Waals surface area contributed by atoms with Gasteiger partial charge >= 0.3 is 0 Å². The van der Waals surface area contributed by atoms with Crippen LogP contribution < -0.4 is 0 Å². The zero-order chi connectivity index (χ0) is 9.80. The van der Waals surface area contributed by atoms with Gasteiger partial charge in [0.05, 0.1) is 6.61 Å². The van der Waals surface area contributed by atoms with Gasteiger partial charge in [0.1, 0.15) is 18.8 Å². The Morgan fingerprint density at radius 1 is 1.36 bits per heavy atom. The number of rotatable bonds is 4. The number of benzene rings is 1. The lowest BCUT2D eigenvalue weighted by atomic mass is 10.1. The van der Waals surface area contributed by atoms with Crippen LogP contribution in [0.1, 0.15) is 11.7 Å². The van der Waals surface area contributed by atoms with Gasteiger partial charge in [0.2, 0.25) is 0 Å². The molecule has 1 aromatic rings. The van der Waals surface area contributed by atoms with Crippen molar-refractivity contribution in [1.82, 2.24) is 0 Å². The molecule has 0 amide bonds. The van der Waals surface area contributed by atoms with Gasteiger partial charge in [-0.25, -0.2) is 0 Å². The Morgan fingerprint density at radius 3 is 2.86 bits per heavy atom. The Bertz CT molecular complexity index is 326. The summed E-state index contributed by atoms with van der Waals surface area (Å²) in [6.45, 7) is 0.950. The molecule has 2 heteroatoms. The molecule has 2 nitrogen and oxygen atoms in total. The van der Waals surface area contributed by atoms with Crippen molar-refractivity contribution in [2.75, 3.05) is 13.2 Å². The second kappa shape index (κ2) is 4.28. The quantitative estimate of drug-likeness (QED) is 0.408. The van der Waals surface area contributed by atoms with Gasteiger partial charge in [-0.1, -0.05) is 36.3 Å². The van der Waals surface area contributed by atoms with Gasteiger partial charge in [0.25, 0.3) is 0 Å². The van der Waals surface area contributed by atoms with Crippen LogP contribution in [-0.2, 0) is 9.47 Å². The Kier molecular flexibility index (Phi) is 2.83. The van der Waals surface area contributed by atoms with E-state index in [9.17, 15) is 0 Å². The van der Waals surface area contributed by atoms with Crippen molar-refractivity contribution in [3.8, 4) is 12.3 Å². The smallest absolute Gasteiger partial charge is 0.112 e. The highest BCUT2D eigenvalue weighted by Gasteiger charge is 2.39. The van der Waals surface area contributed by atoms with Crippen LogP contribution in [0, 0.1) is 12.3 Å². The third kappa shape index (κ3) is 2.14. The minimum Gasteiger partial charge on any atom is -0.366 e. The normalized spacial score (nSPS) is 24.2. The second-order valence-electron chi connectivity index (χ2n) is 3.23. The molecule has 0 unspecified atom stereocenters. The van der Waals surface area contributed by atoms with E-state index in [0.29, 0.717) is 13.2 Å². The minimum atomic E-state index is 0.186. The molecule has 1 aliphatic heterocycles. The maximum absolute atomic E-state index is 5.46. The van der Waals surface area contributed by atoms with Gasteiger partial charge in [-0.05, 0) is 5.56 Å². The predicted molar refractivity (Wildman–Crippen MR) is 53.7 cm³/mol. The van der Waals surface area contributed by atoms with E-state index in [1.807, 2.05) is 18.2 Å². The lowest BCUT2D eigenvalue weighted by Crippen LogP contribution is -2.02. The summed E-state index contributed by atoms with van der Waals surface area (Å²) in [5.41, 5.74) is 1.21. The summed E-state index contributed by atoms with van der Waals surface area (Å²) in [5, 5.41) is 0. The molecule has 2 atom stereocenters. The van der Waals surface area contributed by atoms with E-state index in [2.05, 4.69) is 18.1 Å². The van der Waals surface area contributed by atoms with Crippen molar-refractivity contribution >= 4 is 0 Å². The maximum atomic E-state index is 5.46. The van der Waals surface area contributed by atoms with E-state index in [4.69, 9.17) is 15.9 Å². The van der Waals surface area contributed by atoms with E-state index in [0.717, 1.165) is 0 Å². The van der Waals surface area contributed by atoms with Gasteiger partial charge in [-0.15, -0.1) is 6.42 Å². The van der Waals surface area contributed by atoms with Crippen molar-refractivity contribution in [2.45, 2.75) is 12.2 Å². The molecule has 2 rings (SSSR count). The first-order valence-electron chi connectivity index (χ1n) is 4.63. The topological polar surface area (TPSA) is 21.8 Å². The molecular formula is C12H12O2. The lowest BCUT2D eigenvalue weighted by Gasteiger charge is -1.95. The summed E-state index contributed by atoms with van der Waals surface area (Å²) >= 11 is 0. The van der Waals surface area contributed by atoms with Crippen LogP contribution in [0.25, 0.3) is 0 Å². The number of hydrogen-bond donors (Lipinski definition) is 0. The van der Waals surface area contributed by atoms with Crippen molar-refractivity contribution in [1.29, 1.82) is 0 Å². The Balaban J connectivity index is 1.80. The second-order valence-corrected chi connectivity index (χ2v) is 3.23. The van der Waals surface area contributed by atoms with E-state index >= 15 is 0 Å². The van der Waals surface area contributed by atoms with Gasteiger partial charge < -0.3 is 9.47 Å². The number of ether oxygens (including phenoxy) is 2. The molecule has 1 fully saturated rings. The number of terminal acetylenes is 1. The summed E-state index contributed by atoms with van der Waals surface area (Å²) in [6, 6.07) is 10.1. The molecule has 0 aromatic heterocycles. The molecule has 1 heterocycles. The summed E-state index contributed by atoms with van der Waals surface area (Å²) in [7, 11) is 0. The average molecular weight is 188 g/mol. The van der Waals surface area contributed by atoms with Crippen LogP contribution in [0.2, 0.25) is 0 Å². The molecule has 0 radical (unpaired) electrons. The molecule has 0 N–H and O–H groups in total. The maximum Gasteiger partial charge on any atom is 0.112 e. The molecule has 0 bridgehead atoms. The SMILES string of the molecule is C#CCOC[C@H]1O[C@@H]1c1ccccc1. The van der Waals surface area contributed by atoms with Crippen LogP contribution >= 0.6 is 0 Å². The summed E-state index contributed by atoms with van der Waals surface area (Å²) < 4.78 is 10.7. The highest BCUT2D eigenvalue weighted by atomic mass is 16.6. The molecule has 1 aromatic carbocycles. The van der Waals surface area contributed by atoms with Crippen LogP contribution in [0.4, 0.5) is 0 Å². The molecular weight excluding hydrogens is 176 g/mol. The van der Waals surface area contributed by atoms with Gasteiger partial charge in [-0.3, -0.25) is 0 Å². The van der Waals surface area contributed by atoms with Crippen molar-refractivity contribution in [2.24, 2.45) is 0 Å². The van der Waals surface area contributed by atoms with E-state index in [-0.39, 0.29) is 12.2 Å². The zero-order valence-electron chi connectivity index (χ0n) is 7.85. The third-order valence-electron chi connectivity index (χ3n) is 2.18. The largest absolute Gasteiger partial charge is 0.366 e. The number of epoxide rings is 1. The average Bonchev–Trinajstić information content (AvgIpc) is 2.99. The summed E-state index contributed by atoms with van der Waals surface area (Å²) in [5.74, 6) is 2.43. The first kappa shape index (κ1) is 9.26. The summed E-state index contributed by atoms with van der Waals surface area (Å²) in [6.07, 6.45) is 5.45. The van der Waals surface area contributed by atoms with Gasteiger partial charge in [-0.2, -0.15) is 0 Å². The van der Waals surface area contributed by atoms with E-state index < -0.39 is 0 Å². The first-order chi connectivity index (χ1) is 6.92. The molecule has 0 spiro atoms. The van der Waals surface area contributed by atoms with Crippen LogP contribution in [0.5, 0.6) is 0 Å². The monoisotopic (exact) mass is 188 g/mol. The molecule has 72 valence electrons. The standard InChI is InChI=1S/C12H12O2/c1-2-8-13-9-11-12(14-11)10-6-4-3-5-7-10/h1,3-7,11-12H,8-9H2/t11-,12-/m1/s1. The molecule has 1 aliphatic rings. The fraction of sp³-hybridized carbons (Fsp3) is 0.333. The van der Waals surface area contributed by atoms with E-state index in [1.54, 1.807) is 0 Å². The van der Waals surface area contributed by atoms with Crippen LogP contribution in [0.15, 0.2) is 30.3 Å².